The van der Waals surface area contributed by atoms with Crippen molar-refractivity contribution in [2.45, 2.75) is 19.9 Å². The minimum Gasteiger partial charge on any atom is -0.338 e. The molecule has 0 radical (unpaired) electrons. The molecule has 0 N–H and O–H groups in total. The Balaban J connectivity index is 2.70. The molecule has 7 heteroatoms. The van der Waals surface area contributed by atoms with Gasteiger partial charge in [0.1, 0.15) is 0 Å². The Hall–Kier alpha value is -1.44. The Morgan fingerprint density at radius 3 is 2.21 bits per heavy atom. The number of likely N-dealkylation sites (N-methyl/N-ethyl adjacent to an activating group) is 1. The van der Waals surface area contributed by atoms with Gasteiger partial charge in [0.2, 0.25) is 15.9 Å². The zero-order valence-electron chi connectivity index (χ0n) is 15.1. The third-order valence-corrected chi connectivity index (χ3v) is 4.99. The highest BCUT2D eigenvalue weighted by molar-refractivity contribution is 7.88. The summed E-state index contributed by atoms with van der Waals surface area (Å²) in [5, 5.41) is 0. The maximum Gasteiger partial charge on any atom is 0.238 e. The molecule has 0 unspecified atom stereocenters. The van der Waals surface area contributed by atoms with Gasteiger partial charge < -0.3 is 9.80 Å². The summed E-state index contributed by atoms with van der Waals surface area (Å²) in [6, 6.07) is 9.70. The van der Waals surface area contributed by atoms with Gasteiger partial charge in [0.05, 0.1) is 12.8 Å². The van der Waals surface area contributed by atoms with E-state index in [0.717, 1.165) is 18.4 Å². The summed E-state index contributed by atoms with van der Waals surface area (Å²) in [5.41, 5.74) is 1.03. The molecule has 0 aliphatic carbocycles. The molecule has 0 atom stereocenters. The first-order chi connectivity index (χ1) is 11.2. The Morgan fingerprint density at radius 2 is 1.71 bits per heavy atom. The van der Waals surface area contributed by atoms with Crippen LogP contribution in [0, 0.1) is 0 Å². The topological polar surface area (TPSA) is 60.9 Å². The summed E-state index contributed by atoms with van der Waals surface area (Å²) in [6.45, 7) is 3.96. The van der Waals surface area contributed by atoms with E-state index < -0.39 is 10.0 Å². The summed E-state index contributed by atoms with van der Waals surface area (Å²) in [4.78, 5) is 16.2. The highest BCUT2D eigenvalue weighted by Gasteiger charge is 2.22. The van der Waals surface area contributed by atoms with Crippen molar-refractivity contribution in [1.82, 2.24) is 14.1 Å². The first-order valence-electron chi connectivity index (χ1n) is 8.15. The summed E-state index contributed by atoms with van der Waals surface area (Å²) < 4.78 is 25.2. The van der Waals surface area contributed by atoms with Crippen LogP contribution in [0.15, 0.2) is 30.3 Å². The van der Waals surface area contributed by atoms with Crippen LogP contribution in [0.1, 0.15) is 18.9 Å². The first-order valence-corrected chi connectivity index (χ1v) is 10.0. The van der Waals surface area contributed by atoms with Crippen LogP contribution in [-0.2, 0) is 21.4 Å². The molecule has 0 aliphatic heterocycles. The van der Waals surface area contributed by atoms with Gasteiger partial charge in [-0.2, -0.15) is 4.31 Å². The van der Waals surface area contributed by atoms with E-state index in [4.69, 9.17) is 0 Å². The SMILES string of the molecule is CCN(Cc1ccccc1)C(=O)CN(CCCN(C)C)S(C)(=O)=O. The average Bonchev–Trinajstić information content (AvgIpc) is 2.51. The van der Waals surface area contributed by atoms with Crippen molar-refractivity contribution in [1.29, 1.82) is 0 Å². The van der Waals surface area contributed by atoms with Gasteiger partial charge in [-0.25, -0.2) is 8.42 Å². The van der Waals surface area contributed by atoms with E-state index in [1.807, 2.05) is 56.3 Å². The van der Waals surface area contributed by atoms with Crippen LogP contribution in [0.4, 0.5) is 0 Å². The lowest BCUT2D eigenvalue weighted by molar-refractivity contribution is -0.131. The fourth-order valence-electron chi connectivity index (χ4n) is 2.36. The molecule has 136 valence electrons. The standard InChI is InChI=1S/C17H29N3O3S/c1-5-19(14-16-10-7-6-8-11-16)17(21)15-20(24(4,22)23)13-9-12-18(2)3/h6-8,10-11H,5,9,12-15H2,1-4H3. The zero-order valence-corrected chi connectivity index (χ0v) is 15.9. The highest BCUT2D eigenvalue weighted by atomic mass is 32.2. The van der Waals surface area contributed by atoms with E-state index in [1.54, 1.807) is 4.90 Å². The number of rotatable bonds is 10. The number of hydrogen-bond acceptors (Lipinski definition) is 4. The Morgan fingerprint density at radius 1 is 1.08 bits per heavy atom. The molecule has 0 bridgehead atoms. The van der Waals surface area contributed by atoms with E-state index in [9.17, 15) is 13.2 Å². The van der Waals surface area contributed by atoms with Gasteiger partial charge in [-0.3, -0.25) is 4.79 Å². The predicted octanol–water partition coefficient (Wildman–Crippen LogP) is 1.25. The summed E-state index contributed by atoms with van der Waals surface area (Å²) in [6.07, 6.45) is 1.85. The molecule has 1 aromatic rings. The van der Waals surface area contributed by atoms with Gasteiger partial charge in [-0.15, -0.1) is 0 Å². The van der Waals surface area contributed by atoms with Gasteiger partial charge >= 0.3 is 0 Å². The van der Waals surface area contributed by atoms with Crippen LogP contribution in [0.5, 0.6) is 0 Å². The molecule has 1 amide bonds. The smallest absolute Gasteiger partial charge is 0.238 e. The van der Waals surface area contributed by atoms with Crippen LogP contribution >= 0.6 is 0 Å². The summed E-state index contributed by atoms with van der Waals surface area (Å²) in [7, 11) is 0.473. The predicted molar refractivity (Wildman–Crippen MR) is 97.1 cm³/mol. The van der Waals surface area contributed by atoms with Crippen LogP contribution in [-0.4, -0.2) is 75.0 Å². The van der Waals surface area contributed by atoms with Crippen LogP contribution in [0.2, 0.25) is 0 Å². The largest absolute Gasteiger partial charge is 0.338 e. The third-order valence-electron chi connectivity index (χ3n) is 3.74. The van der Waals surface area contributed by atoms with E-state index in [2.05, 4.69) is 0 Å². The van der Waals surface area contributed by atoms with Crippen molar-refractivity contribution in [2.75, 3.05) is 46.5 Å². The molecule has 1 aromatic carbocycles. The van der Waals surface area contributed by atoms with Crippen molar-refractivity contribution >= 4 is 15.9 Å². The van der Waals surface area contributed by atoms with E-state index >= 15 is 0 Å². The number of amides is 1. The molecule has 6 nitrogen and oxygen atoms in total. The van der Waals surface area contributed by atoms with Crippen LogP contribution in [0.3, 0.4) is 0 Å². The molecule has 24 heavy (non-hydrogen) atoms. The maximum absolute atomic E-state index is 12.5. The van der Waals surface area contributed by atoms with Gasteiger partial charge in [-0.1, -0.05) is 30.3 Å². The number of hydrogen-bond donors (Lipinski definition) is 0. The maximum atomic E-state index is 12.5. The molecule has 0 heterocycles. The Kier molecular flexibility index (Phi) is 8.38. The molecule has 0 spiro atoms. The fraction of sp³-hybridized carbons (Fsp3) is 0.588. The Bertz CT molecular complexity index is 603. The molecule has 0 saturated carbocycles. The quantitative estimate of drug-likeness (QED) is 0.634. The van der Waals surface area contributed by atoms with Crippen LogP contribution < -0.4 is 0 Å². The van der Waals surface area contributed by atoms with Crippen molar-refractivity contribution in [3.63, 3.8) is 0 Å². The first kappa shape index (κ1) is 20.6. The van der Waals surface area contributed by atoms with E-state index in [-0.39, 0.29) is 12.5 Å². The molecule has 0 aliphatic rings. The number of carbonyl (C=O) groups is 1. The molecular weight excluding hydrogens is 326 g/mol. The monoisotopic (exact) mass is 355 g/mol. The van der Waals surface area contributed by atoms with Gasteiger partial charge in [0, 0.05) is 19.6 Å². The van der Waals surface area contributed by atoms with Gasteiger partial charge in [0.15, 0.2) is 0 Å². The van der Waals surface area contributed by atoms with E-state index in [0.29, 0.717) is 26.1 Å². The molecule has 0 aromatic heterocycles. The number of sulfonamides is 1. The minimum atomic E-state index is -3.41. The van der Waals surface area contributed by atoms with Crippen molar-refractivity contribution in [2.24, 2.45) is 0 Å². The minimum absolute atomic E-state index is 0.104. The second-order valence-electron chi connectivity index (χ2n) is 6.15. The van der Waals surface area contributed by atoms with Crippen molar-refractivity contribution < 1.29 is 13.2 Å². The molecule has 0 fully saturated rings. The second kappa shape index (κ2) is 9.76. The van der Waals surface area contributed by atoms with Crippen molar-refractivity contribution in [3.05, 3.63) is 35.9 Å². The number of carbonyl (C=O) groups excluding carboxylic acids is 1. The third kappa shape index (κ3) is 7.42. The summed E-state index contributed by atoms with van der Waals surface area (Å²) in [5.74, 6) is -0.170. The lowest BCUT2D eigenvalue weighted by Gasteiger charge is -2.26. The fourth-order valence-corrected chi connectivity index (χ4v) is 3.16. The number of benzene rings is 1. The number of nitrogens with zero attached hydrogens (tertiary/aromatic N) is 3. The lowest BCUT2D eigenvalue weighted by atomic mass is 10.2. The molecule has 0 saturated heterocycles. The van der Waals surface area contributed by atoms with E-state index in [1.165, 1.54) is 4.31 Å². The second-order valence-corrected chi connectivity index (χ2v) is 8.13. The zero-order chi connectivity index (χ0) is 18.2. The van der Waals surface area contributed by atoms with Gasteiger partial charge in [-0.05, 0) is 39.5 Å². The highest BCUT2D eigenvalue weighted by Crippen LogP contribution is 2.07. The average molecular weight is 356 g/mol. The van der Waals surface area contributed by atoms with Crippen molar-refractivity contribution in [3.8, 4) is 0 Å². The molecular formula is C17H29N3O3S. The van der Waals surface area contributed by atoms with Crippen LogP contribution in [0.25, 0.3) is 0 Å². The Labute approximate surface area is 146 Å². The normalized spacial score (nSPS) is 11.9. The summed E-state index contributed by atoms with van der Waals surface area (Å²) >= 11 is 0. The van der Waals surface area contributed by atoms with Gasteiger partial charge in [0.25, 0.3) is 0 Å². The molecule has 1 rings (SSSR count). The lowest BCUT2D eigenvalue weighted by Crippen LogP contribution is -2.43.